The summed E-state index contributed by atoms with van der Waals surface area (Å²) in [6, 6.07) is 1.43. The third kappa shape index (κ3) is 1.20. The molecule has 0 spiro atoms. The van der Waals surface area contributed by atoms with Gasteiger partial charge in [0.1, 0.15) is 0 Å². The fourth-order valence-electron chi connectivity index (χ4n) is 1.16. The summed E-state index contributed by atoms with van der Waals surface area (Å²) < 4.78 is 0. The average molecular weight is 114 g/mol. The number of hydrogen-bond acceptors (Lipinski definition) is 2. The molecule has 0 aromatic rings. The Bertz CT molecular complexity index is 72.9. The first-order valence-corrected chi connectivity index (χ1v) is 3.23. The smallest absolute Gasteiger partial charge is 0.0204 e. The summed E-state index contributed by atoms with van der Waals surface area (Å²) in [6.45, 7) is 3.36. The molecule has 2 nitrogen and oxygen atoms in total. The third-order valence-corrected chi connectivity index (χ3v) is 1.76. The second-order valence-corrected chi connectivity index (χ2v) is 2.53. The first-order chi connectivity index (χ1) is 3.83. The number of rotatable bonds is 1. The molecule has 48 valence electrons. The van der Waals surface area contributed by atoms with Gasteiger partial charge in [-0.15, -0.1) is 0 Å². The van der Waals surface area contributed by atoms with Crippen molar-refractivity contribution in [2.24, 2.45) is 0 Å². The van der Waals surface area contributed by atoms with E-state index in [0.717, 1.165) is 6.54 Å². The summed E-state index contributed by atoms with van der Waals surface area (Å²) in [7, 11) is 2.02. The highest BCUT2D eigenvalue weighted by Gasteiger charge is 2.17. The Hall–Kier alpha value is -0.0800. The normalized spacial score (nSPS) is 38.2. The van der Waals surface area contributed by atoms with Crippen molar-refractivity contribution in [2.75, 3.05) is 13.6 Å². The Morgan fingerprint density at radius 2 is 2.38 bits per heavy atom. The highest BCUT2D eigenvalue weighted by atomic mass is 15.0. The van der Waals surface area contributed by atoms with Crippen molar-refractivity contribution in [2.45, 2.75) is 25.4 Å². The molecular weight excluding hydrogens is 100 g/mol. The van der Waals surface area contributed by atoms with E-state index in [-0.39, 0.29) is 0 Å². The Labute approximate surface area is 50.7 Å². The number of nitrogens with one attached hydrogen (secondary N) is 2. The maximum absolute atomic E-state index is 3.36. The van der Waals surface area contributed by atoms with Crippen molar-refractivity contribution >= 4 is 0 Å². The van der Waals surface area contributed by atoms with Crippen LogP contribution in [0.15, 0.2) is 0 Å². The van der Waals surface area contributed by atoms with Gasteiger partial charge in [-0.05, 0) is 20.4 Å². The molecule has 0 aromatic carbocycles. The molecule has 1 unspecified atom stereocenters. The largest absolute Gasteiger partial charge is 0.316 e. The molecule has 2 heteroatoms. The van der Waals surface area contributed by atoms with Crippen molar-refractivity contribution in [3.05, 3.63) is 0 Å². The molecule has 0 amide bonds. The van der Waals surface area contributed by atoms with Crippen molar-refractivity contribution in [1.82, 2.24) is 10.6 Å². The molecule has 0 aromatic heterocycles. The van der Waals surface area contributed by atoms with Gasteiger partial charge < -0.3 is 10.6 Å². The highest BCUT2D eigenvalue weighted by Crippen LogP contribution is 2.03. The van der Waals surface area contributed by atoms with Gasteiger partial charge in [-0.1, -0.05) is 0 Å². The molecule has 0 radical (unpaired) electrons. The van der Waals surface area contributed by atoms with Crippen molar-refractivity contribution < 1.29 is 0 Å². The Morgan fingerprint density at radius 1 is 1.62 bits per heavy atom. The van der Waals surface area contributed by atoms with Gasteiger partial charge in [0.25, 0.3) is 0 Å². The molecule has 0 bridgehead atoms. The predicted molar refractivity (Wildman–Crippen MR) is 34.9 cm³/mol. The van der Waals surface area contributed by atoms with E-state index in [2.05, 4.69) is 17.6 Å². The third-order valence-electron chi connectivity index (χ3n) is 1.76. The molecule has 2 atom stereocenters. The molecule has 1 heterocycles. The van der Waals surface area contributed by atoms with Crippen LogP contribution in [0.25, 0.3) is 0 Å². The molecule has 8 heavy (non-hydrogen) atoms. The van der Waals surface area contributed by atoms with Gasteiger partial charge in [-0.2, -0.15) is 0 Å². The van der Waals surface area contributed by atoms with E-state index in [1.165, 1.54) is 6.42 Å². The topological polar surface area (TPSA) is 24.1 Å². The van der Waals surface area contributed by atoms with Crippen LogP contribution in [0, 0.1) is 0 Å². The van der Waals surface area contributed by atoms with E-state index in [1.54, 1.807) is 0 Å². The summed E-state index contributed by atoms with van der Waals surface area (Å²) in [4.78, 5) is 0. The van der Waals surface area contributed by atoms with Crippen LogP contribution >= 0.6 is 0 Å². The SMILES string of the molecule is CN[C@@H]1CNC(C)C1. The van der Waals surface area contributed by atoms with Crippen LogP contribution in [0.4, 0.5) is 0 Å². The Balaban J connectivity index is 2.22. The lowest BCUT2D eigenvalue weighted by molar-refractivity contribution is 0.595. The monoisotopic (exact) mass is 114 g/mol. The minimum atomic E-state index is 0.713. The first-order valence-electron chi connectivity index (χ1n) is 3.23. The minimum absolute atomic E-state index is 0.713. The van der Waals surface area contributed by atoms with Crippen LogP contribution in [0.1, 0.15) is 13.3 Å². The van der Waals surface area contributed by atoms with Crippen molar-refractivity contribution in [3.63, 3.8) is 0 Å². The molecule has 1 rings (SSSR count). The van der Waals surface area contributed by atoms with Crippen molar-refractivity contribution in [1.29, 1.82) is 0 Å². The summed E-state index contributed by atoms with van der Waals surface area (Å²) >= 11 is 0. The Morgan fingerprint density at radius 3 is 2.62 bits per heavy atom. The lowest BCUT2D eigenvalue weighted by Gasteiger charge is -2.03. The van der Waals surface area contributed by atoms with Crippen molar-refractivity contribution in [3.8, 4) is 0 Å². The van der Waals surface area contributed by atoms with Crippen LogP contribution in [0.3, 0.4) is 0 Å². The van der Waals surface area contributed by atoms with Crippen LogP contribution in [-0.2, 0) is 0 Å². The van der Waals surface area contributed by atoms with Gasteiger partial charge in [-0.3, -0.25) is 0 Å². The van der Waals surface area contributed by atoms with Crippen LogP contribution in [-0.4, -0.2) is 25.7 Å². The minimum Gasteiger partial charge on any atom is -0.316 e. The van der Waals surface area contributed by atoms with E-state index < -0.39 is 0 Å². The molecule has 2 N–H and O–H groups in total. The second-order valence-electron chi connectivity index (χ2n) is 2.53. The standard InChI is InChI=1S/C6H14N2/c1-5-3-6(7-2)4-8-5/h5-8H,3-4H2,1-2H3/t5?,6-/m0/s1. The molecule has 1 fully saturated rings. The van der Waals surface area contributed by atoms with Crippen LogP contribution in [0.5, 0.6) is 0 Å². The summed E-state index contributed by atoms with van der Waals surface area (Å²) in [6.07, 6.45) is 1.27. The molecule has 1 aliphatic rings. The van der Waals surface area contributed by atoms with E-state index in [4.69, 9.17) is 0 Å². The van der Waals surface area contributed by atoms with Crippen LogP contribution in [0.2, 0.25) is 0 Å². The van der Waals surface area contributed by atoms with E-state index in [1.807, 2.05) is 7.05 Å². The van der Waals surface area contributed by atoms with Gasteiger partial charge in [-0.25, -0.2) is 0 Å². The maximum atomic E-state index is 3.36. The molecular formula is C6H14N2. The van der Waals surface area contributed by atoms with Gasteiger partial charge in [0.2, 0.25) is 0 Å². The zero-order valence-corrected chi connectivity index (χ0v) is 5.57. The highest BCUT2D eigenvalue weighted by molar-refractivity contribution is 4.81. The van der Waals surface area contributed by atoms with E-state index in [0.29, 0.717) is 12.1 Å². The Kier molecular flexibility index (Phi) is 1.86. The van der Waals surface area contributed by atoms with E-state index >= 15 is 0 Å². The predicted octanol–water partition coefficient (Wildman–Crippen LogP) is -0.0438. The number of hydrogen-bond donors (Lipinski definition) is 2. The quantitative estimate of drug-likeness (QED) is 0.499. The summed E-state index contributed by atoms with van der Waals surface area (Å²) in [5, 5.41) is 6.59. The van der Waals surface area contributed by atoms with Gasteiger partial charge in [0.15, 0.2) is 0 Å². The zero-order valence-electron chi connectivity index (χ0n) is 5.57. The lowest BCUT2D eigenvalue weighted by atomic mass is 10.2. The lowest BCUT2D eigenvalue weighted by Crippen LogP contribution is -2.26. The fraction of sp³-hybridized carbons (Fsp3) is 1.00. The average Bonchev–Trinajstić information content (AvgIpc) is 2.14. The van der Waals surface area contributed by atoms with E-state index in [9.17, 15) is 0 Å². The maximum Gasteiger partial charge on any atom is 0.0204 e. The summed E-state index contributed by atoms with van der Waals surface area (Å²) in [5.74, 6) is 0. The van der Waals surface area contributed by atoms with Gasteiger partial charge in [0, 0.05) is 18.6 Å². The van der Waals surface area contributed by atoms with Gasteiger partial charge in [0.05, 0.1) is 0 Å². The first kappa shape index (κ1) is 6.05. The number of likely N-dealkylation sites (N-methyl/N-ethyl adjacent to an activating group) is 1. The summed E-state index contributed by atoms with van der Waals surface area (Å²) in [5.41, 5.74) is 0. The van der Waals surface area contributed by atoms with Crippen LogP contribution < -0.4 is 10.6 Å². The van der Waals surface area contributed by atoms with Gasteiger partial charge >= 0.3 is 0 Å². The second kappa shape index (κ2) is 2.46. The molecule has 1 saturated heterocycles. The zero-order chi connectivity index (χ0) is 5.98. The molecule has 0 saturated carbocycles. The fourth-order valence-corrected chi connectivity index (χ4v) is 1.16. The molecule has 1 aliphatic heterocycles. The molecule has 0 aliphatic carbocycles.